The van der Waals surface area contributed by atoms with E-state index < -0.39 is 40.7 Å². The van der Waals surface area contributed by atoms with Gasteiger partial charge in [-0.3, -0.25) is 4.79 Å². The molecule has 0 aliphatic carbocycles. The van der Waals surface area contributed by atoms with Crippen LogP contribution in [0.5, 0.6) is 11.5 Å². The molecule has 0 N–H and O–H groups in total. The van der Waals surface area contributed by atoms with Crippen LogP contribution in [0.15, 0.2) is 47.1 Å². The van der Waals surface area contributed by atoms with Crippen LogP contribution in [-0.2, 0) is 11.4 Å². The van der Waals surface area contributed by atoms with Crippen molar-refractivity contribution >= 4 is 57.6 Å². The maximum absolute atomic E-state index is 14.4. The molecule has 5 nitrogen and oxygen atoms in total. The zero-order chi connectivity index (χ0) is 27.0. The van der Waals surface area contributed by atoms with Gasteiger partial charge in [0.25, 0.3) is 5.91 Å². The lowest BCUT2D eigenvalue weighted by Gasteiger charge is -2.16. The van der Waals surface area contributed by atoms with E-state index in [1.54, 1.807) is 36.4 Å². The summed E-state index contributed by atoms with van der Waals surface area (Å²) >= 11 is 8.05. The van der Waals surface area contributed by atoms with Gasteiger partial charge < -0.3 is 9.47 Å². The van der Waals surface area contributed by atoms with E-state index in [4.69, 9.17) is 21.1 Å². The second-order valence-corrected chi connectivity index (χ2v) is 9.41. The van der Waals surface area contributed by atoms with E-state index in [1.165, 1.54) is 20.1 Å². The number of carbonyl (C=O) groups excluding carboxylic acids is 1. The van der Waals surface area contributed by atoms with Crippen LogP contribution in [0.25, 0.3) is 6.08 Å². The van der Waals surface area contributed by atoms with Crippen molar-refractivity contribution in [3.05, 3.63) is 90.8 Å². The van der Waals surface area contributed by atoms with Gasteiger partial charge in [0, 0.05) is 14.2 Å². The number of halogens is 7. The molecule has 0 atom stereocenters. The molecule has 0 saturated carbocycles. The minimum atomic E-state index is -2.34. The van der Waals surface area contributed by atoms with E-state index in [1.807, 2.05) is 22.6 Å². The maximum Gasteiger partial charge on any atom is 0.280 e. The van der Waals surface area contributed by atoms with Crippen LogP contribution in [0.1, 0.15) is 18.1 Å². The molecule has 192 valence electrons. The van der Waals surface area contributed by atoms with E-state index in [-0.39, 0.29) is 28.7 Å². The third-order valence-corrected chi connectivity index (χ3v) is 6.16. The van der Waals surface area contributed by atoms with Gasteiger partial charge in [-0.1, -0.05) is 23.7 Å². The Morgan fingerprint density at radius 1 is 1.03 bits per heavy atom. The smallest absolute Gasteiger partial charge is 0.280 e. The van der Waals surface area contributed by atoms with Crippen LogP contribution in [0, 0.1) is 32.7 Å². The summed E-state index contributed by atoms with van der Waals surface area (Å²) in [4.78, 5) is 13.1. The van der Waals surface area contributed by atoms with Crippen molar-refractivity contribution in [3.63, 3.8) is 0 Å². The summed E-state index contributed by atoms with van der Waals surface area (Å²) in [6.07, 6.45) is 1.34. The molecule has 1 amide bonds. The fourth-order valence-corrected chi connectivity index (χ4v) is 4.39. The molecule has 0 aromatic heterocycles. The summed E-state index contributed by atoms with van der Waals surface area (Å²) in [5, 5.41) is 4.41. The topological polar surface area (TPSA) is 51.1 Å². The first-order valence-corrected chi connectivity index (χ1v) is 11.9. The van der Waals surface area contributed by atoms with Crippen molar-refractivity contribution in [2.45, 2.75) is 13.5 Å². The lowest BCUT2D eigenvalue weighted by atomic mass is 10.1. The number of hydrogen-bond acceptors (Lipinski definition) is 4. The van der Waals surface area contributed by atoms with Gasteiger partial charge >= 0.3 is 0 Å². The Balaban J connectivity index is 1.76. The third-order valence-electron chi connectivity index (χ3n) is 5.30. The average molecular weight is 649 g/mol. The number of benzene rings is 3. The number of hydrazone groups is 1. The predicted octanol–water partition coefficient (Wildman–Crippen LogP) is 7.03. The molecule has 3 aromatic carbocycles. The minimum Gasteiger partial charge on any atom is -0.493 e. The minimum absolute atomic E-state index is 0.0208. The Morgan fingerprint density at radius 3 is 2.30 bits per heavy atom. The zero-order valence-corrected chi connectivity index (χ0v) is 21.9. The molecule has 37 heavy (non-hydrogen) atoms. The summed E-state index contributed by atoms with van der Waals surface area (Å²) in [7, 11) is 1.42. The number of amides is 1. The van der Waals surface area contributed by atoms with Crippen LogP contribution in [0.4, 0.5) is 27.6 Å². The van der Waals surface area contributed by atoms with Crippen molar-refractivity contribution in [1.29, 1.82) is 0 Å². The van der Waals surface area contributed by atoms with Gasteiger partial charge in [-0.05, 0) is 65.4 Å². The SMILES string of the molecule is COc1cc(I)cc(/C=C2\C(=O)N(c3c(F)c(F)c(F)c(F)c3F)N=C2C)c1OCc1cccc(Cl)c1. The summed E-state index contributed by atoms with van der Waals surface area (Å²) in [5.74, 6) is -11.6. The predicted molar refractivity (Wildman–Crippen MR) is 136 cm³/mol. The zero-order valence-electron chi connectivity index (χ0n) is 19.0. The first kappa shape index (κ1) is 26.9. The maximum atomic E-state index is 14.4. The molecular formula is C25H15ClF5IN2O3. The van der Waals surface area contributed by atoms with E-state index >= 15 is 0 Å². The number of hydrogen-bond donors (Lipinski definition) is 0. The van der Waals surface area contributed by atoms with Crippen LogP contribution >= 0.6 is 34.2 Å². The van der Waals surface area contributed by atoms with Crippen molar-refractivity contribution in [3.8, 4) is 11.5 Å². The van der Waals surface area contributed by atoms with Crippen LogP contribution in [0.3, 0.4) is 0 Å². The van der Waals surface area contributed by atoms with E-state index in [2.05, 4.69) is 5.10 Å². The lowest BCUT2D eigenvalue weighted by molar-refractivity contribution is -0.114. The van der Waals surface area contributed by atoms with Crippen LogP contribution < -0.4 is 14.5 Å². The van der Waals surface area contributed by atoms with Gasteiger partial charge in [0.05, 0.1) is 18.4 Å². The molecule has 0 unspecified atom stereocenters. The fourth-order valence-electron chi connectivity index (χ4n) is 3.55. The van der Waals surface area contributed by atoms with Crippen molar-refractivity contribution in [2.24, 2.45) is 5.10 Å². The molecule has 1 aliphatic heterocycles. The Labute approximate surface area is 226 Å². The molecule has 4 rings (SSSR count). The molecule has 0 saturated heterocycles. The number of anilines is 1. The highest BCUT2D eigenvalue weighted by Gasteiger charge is 2.37. The quantitative estimate of drug-likeness (QED) is 0.0949. The number of ether oxygens (including phenoxy) is 2. The molecule has 3 aromatic rings. The van der Waals surface area contributed by atoms with Crippen LogP contribution in [-0.4, -0.2) is 18.7 Å². The highest BCUT2D eigenvalue weighted by atomic mass is 127. The fraction of sp³-hybridized carbons (Fsp3) is 0.120. The van der Waals surface area contributed by atoms with Crippen LogP contribution in [0.2, 0.25) is 5.02 Å². The molecule has 0 spiro atoms. The van der Waals surface area contributed by atoms with Gasteiger partial charge in [0.15, 0.2) is 34.8 Å². The summed E-state index contributed by atoms with van der Waals surface area (Å²) in [5.41, 5.74) is -0.545. The third kappa shape index (κ3) is 5.14. The van der Waals surface area contributed by atoms with Gasteiger partial charge in [-0.15, -0.1) is 0 Å². The van der Waals surface area contributed by atoms with E-state index in [9.17, 15) is 26.7 Å². The first-order chi connectivity index (χ1) is 17.5. The number of rotatable bonds is 6. The number of methoxy groups -OCH3 is 1. The van der Waals surface area contributed by atoms with Crippen molar-refractivity contribution < 1.29 is 36.2 Å². The molecule has 1 aliphatic rings. The second-order valence-electron chi connectivity index (χ2n) is 7.72. The second kappa shape index (κ2) is 10.7. The highest BCUT2D eigenvalue weighted by molar-refractivity contribution is 14.1. The summed E-state index contributed by atoms with van der Waals surface area (Å²) < 4.78 is 81.8. The summed E-state index contributed by atoms with van der Waals surface area (Å²) in [6.45, 7) is 1.44. The normalized spacial score (nSPS) is 14.4. The van der Waals surface area contributed by atoms with Crippen molar-refractivity contribution in [2.75, 3.05) is 12.1 Å². The standard InChI is InChI=1S/C25H15ClF5IN2O3/c1-11-16(25(35)34(33-11)23-21(30)19(28)18(27)20(29)22(23)31)8-13-7-15(32)9-17(36-2)24(13)37-10-12-4-3-5-14(26)6-12/h3-9H,10H2,1-2H3/b16-8-. The van der Waals surface area contributed by atoms with Gasteiger partial charge in [-0.2, -0.15) is 10.1 Å². The number of carbonyl (C=O) groups is 1. The summed E-state index contributed by atoms with van der Waals surface area (Å²) in [6, 6.07) is 10.3. The Bertz CT molecular complexity index is 1470. The highest BCUT2D eigenvalue weighted by Crippen LogP contribution is 2.38. The lowest BCUT2D eigenvalue weighted by Crippen LogP contribution is -2.25. The average Bonchev–Trinajstić information content (AvgIpc) is 3.13. The molecule has 1 heterocycles. The van der Waals surface area contributed by atoms with E-state index in [0.29, 0.717) is 19.9 Å². The molecule has 12 heteroatoms. The Hall–Kier alpha value is -3.19. The van der Waals surface area contributed by atoms with Crippen molar-refractivity contribution in [1.82, 2.24) is 0 Å². The monoisotopic (exact) mass is 648 g/mol. The van der Waals surface area contributed by atoms with Gasteiger partial charge in [0.1, 0.15) is 12.3 Å². The molecule has 0 radical (unpaired) electrons. The first-order valence-electron chi connectivity index (χ1n) is 10.4. The van der Waals surface area contributed by atoms with E-state index in [0.717, 1.165) is 5.56 Å². The Kier molecular flexibility index (Phi) is 7.74. The molecular weight excluding hydrogens is 634 g/mol. The van der Waals surface area contributed by atoms with Gasteiger partial charge in [0.2, 0.25) is 5.82 Å². The molecule has 0 fully saturated rings. The Morgan fingerprint density at radius 2 is 1.68 bits per heavy atom. The molecule has 0 bridgehead atoms. The number of nitrogens with zero attached hydrogens (tertiary/aromatic N) is 2. The largest absolute Gasteiger partial charge is 0.493 e. The van der Waals surface area contributed by atoms with Gasteiger partial charge in [-0.25, -0.2) is 22.0 Å².